The summed E-state index contributed by atoms with van der Waals surface area (Å²) in [5.41, 5.74) is 5.76. The zero-order valence-electron chi connectivity index (χ0n) is 10.4. The first-order chi connectivity index (χ1) is 8.49. The molecular weight excluding hydrogens is 291 g/mol. The van der Waals surface area contributed by atoms with Crippen LogP contribution < -0.4 is 10.5 Å². The Morgan fingerprint density at radius 2 is 1.74 bits per heavy atom. The van der Waals surface area contributed by atoms with E-state index in [0.717, 1.165) is 18.9 Å². The van der Waals surface area contributed by atoms with E-state index in [1.54, 1.807) is 0 Å². The quantitative estimate of drug-likeness (QED) is 0.894. The van der Waals surface area contributed by atoms with Gasteiger partial charge in [-0.2, -0.15) is 0 Å². The molecule has 7 heteroatoms. The summed E-state index contributed by atoms with van der Waals surface area (Å²) in [6.45, 7) is 0. The highest BCUT2D eigenvalue weighted by molar-refractivity contribution is 7.89. The van der Waals surface area contributed by atoms with Gasteiger partial charge in [0.1, 0.15) is 10.7 Å². The molecule has 0 aliphatic heterocycles. The van der Waals surface area contributed by atoms with E-state index in [-0.39, 0.29) is 29.4 Å². The fraction of sp³-hybridized carbons (Fsp3) is 0.500. The highest BCUT2D eigenvalue weighted by atomic mass is 35.5. The van der Waals surface area contributed by atoms with Crippen LogP contribution in [0, 0.1) is 5.82 Å². The molecule has 0 heterocycles. The second-order valence-electron chi connectivity index (χ2n) is 4.66. The molecule has 0 atom stereocenters. The lowest BCUT2D eigenvalue weighted by atomic mass is 9.93. The Morgan fingerprint density at radius 1 is 1.16 bits per heavy atom. The van der Waals surface area contributed by atoms with Gasteiger partial charge in [0, 0.05) is 12.1 Å². The molecule has 0 aromatic heterocycles. The van der Waals surface area contributed by atoms with Crippen LogP contribution in [0.2, 0.25) is 0 Å². The summed E-state index contributed by atoms with van der Waals surface area (Å²) in [5, 5.41) is 0. The van der Waals surface area contributed by atoms with Gasteiger partial charge in [-0.05, 0) is 37.8 Å². The third-order valence-electron chi connectivity index (χ3n) is 3.22. The molecule has 0 spiro atoms. The molecule has 1 aromatic rings. The predicted molar refractivity (Wildman–Crippen MR) is 74.2 cm³/mol. The van der Waals surface area contributed by atoms with Gasteiger partial charge in [-0.25, -0.2) is 17.5 Å². The molecule has 1 saturated carbocycles. The number of halogens is 2. The third kappa shape index (κ3) is 4.14. The smallest absolute Gasteiger partial charge is 0.243 e. The molecule has 0 unspecified atom stereocenters. The Kier molecular flexibility index (Phi) is 5.73. The largest absolute Gasteiger partial charge is 0.328 e. The van der Waals surface area contributed by atoms with Gasteiger partial charge in [0.25, 0.3) is 0 Å². The Morgan fingerprint density at radius 3 is 2.32 bits per heavy atom. The lowest BCUT2D eigenvalue weighted by Crippen LogP contribution is -2.40. The number of hydrogen-bond donors (Lipinski definition) is 2. The van der Waals surface area contributed by atoms with Crippen LogP contribution in [0.5, 0.6) is 0 Å². The van der Waals surface area contributed by atoms with Gasteiger partial charge >= 0.3 is 0 Å². The first-order valence-electron chi connectivity index (χ1n) is 6.01. The normalized spacial score (nSPS) is 23.7. The van der Waals surface area contributed by atoms with E-state index in [4.69, 9.17) is 5.73 Å². The number of benzene rings is 1. The molecule has 2 rings (SSSR count). The summed E-state index contributed by atoms with van der Waals surface area (Å²) < 4.78 is 40.1. The summed E-state index contributed by atoms with van der Waals surface area (Å²) in [5.74, 6) is -0.725. The van der Waals surface area contributed by atoms with Gasteiger partial charge in [-0.15, -0.1) is 12.4 Å². The van der Waals surface area contributed by atoms with E-state index >= 15 is 0 Å². The van der Waals surface area contributed by atoms with E-state index in [1.165, 1.54) is 18.2 Å². The van der Waals surface area contributed by atoms with Crippen molar-refractivity contribution in [3.05, 3.63) is 30.1 Å². The monoisotopic (exact) mass is 308 g/mol. The maximum absolute atomic E-state index is 13.5. The predicted octanol–water partition coefficient (Wildman–Crippen LogP) is 1.80. The highest BCUT2D eigenvalue weighted by Gasteiger charge is 2.25. The van der Waals surface area contributed by atoms with E-state index in [2.05, 4.69) is 4.72 Å². The molecule has 0 amide bonds. The molecule has 3 N–H and O–H groups in total. The van der Waals surface area contributed by atoms with Crippen LogP contribution in [0.25, 0.3) is 0 Å². The third-order valence-corrected chi connectivity index (χ3v) is 4.77. The van der Waals surface area contributed by atoms with Crippen molar-refractivity contribution in [3.63, 3.8) is 0 Å². The van der Waals surface area contributed by atoms with Gasteiger partial charge in [0.15, 0.2) is 0 Å². The fourth-order valence-electron chi connectivity index (χ4n) is 2.18. The number of hydrogen-bond acceptors (Lipinski definition) is 3. The van der Waals surface area contributed by atoms with Gasteiger partial charge in [-0.3, -0.25) is 0 Å². The van der Waals surface area contributed by atoms with Crippen LogP contribution in [0.4, 0.5) is 4.39 Å². The lowest BCUT2D eigenvalue weighted by molar-refractivity contribution is 0.373. The van der Waals surface area contributed by atoms with Crippen LogP contribution >= 0.6 is 12.4 Å². The zero-order valence-corrected chi connectivity index (χ0v) is 12.0. The molecular formula is C12H18ClFN2O2S. The Labute approximate surface area is 119 Å². The summed E-state index contributed by atoms with van der Waals surface area (Å²) >= 11 is 0. The zero-order chi connectivity index (χ0) is 13.2. The van der Waals surface area contributed by atoms with E-state index < -0.39 is 15.8 Å². The molecule has 1 aliphatic rings. The average molecular weight is 309 g/mol. The molecule has 0 radical (unpaired) electrons. The Balaban J connectivity index is 0.00000180. The number of rotatable bonds is 3. The highest BCUT2D eigenvalue weighted by Crippen LogP contribution is 2.20. The molecule has 1 aliphatic carbocycles. The molecule has 19 heavy (non-hydrogen) atoms. The minimum Gasteiger partial charge on any atom is -0.328 e. The molecule has 4 nitrogen and oxygen atoms in total. The summed E-state index contributed by atoms with van der Waals surface area (Å²) in [7, 11) is -3.77. The van der Waals surface area contributed by atoms with Crippen molar-refractivity contribution in [2.45, 2.75) is 42.7 Å². The Bertz CT molecular complexity index is 516. The summed E-state index contributed by atoms with van der Waals surface area (Å²) in [6.07, 6.45) is 3.00. The number of sulfonamides is 1. The van der Waals surface area contributed by atoms with Gasteiger partial charge in [-0.1, -0.05) is 12.1 Å². The maximum Gasteiger partial charge on any atom is 0.243 e. The van der Waals surface area contributed by atoms with Crippen LogP contribution in [-0.4, -0.2) is 20.5 Å². The van der Waals surface area contributed by atoms with Crippen molar-refractivity contribution in [1.82, 2.24) is 4.72 Å². The second kappa shape index (κ2) is 6.65. The minimum atomic E-state index is -3.77. The number of nitrogens with two attached hydrogens (primary N) is 1. The fourth-order valence-corrected chi connectivity index (χ4v) is 3.57. The van der Waals surface area contributed by atoms with Gasteiger partial charge in [0.2, 0.25) is 10.0 Å². The van der Waals surface area contributed by atoms with Gasteiger partial charge < -0.3 is 5.73 Å². The topological polar surface area (TPSA) is 72.2 Å². The SMILES string of the molecule is Cl.NC1CCC(NS(=O)(=O)c2ccccc2F)CC1. The first-order valence-corrected chi connectivity index (χ1v) is 7.50. The van der Waals surface area contributed by atoms with Crippen LogP contribution in [-0.2, 0) is 10.0 Å². The van der Waals surface area contributed by atoms with Crippen molar-refractivity contribution >= 4 is 22.4 Å². The van der Waals surface area contributed by atoms with E-state index in [9.17, 15) is 12.8 Å². The number of nitrogens with one attached hydrogen (secondary N) is 1. The second-order valence-corrected chi connectivity index (χ2v) is 6.35. The van der Waals surface area contributed by atoms with Crippen molar-refractivity contribution in [2.75, 3.05) is 0 Å². The van der Waals surface area contributed by atoms with Crippen LogP contribution in [0.15, 0.2) is 29.2 Å². The summed E-state index contributed by atoms with van der Waals surface area (Å²) in [6, 6.07) is 5.40. The van der Waals surface area contributed by atoms with Crippen LogP contribution in [0.3, 0.4) is 0 Å². The molecule has 0 bridgehead atoms. The average Bonchev–Trinajstić information content (AvgIpc) is 2.32. The first kappa shape index (κ1) is 16.4. The van der Waals surface area contributed by atoms with Crippen LogP contribution in [0.1, 0.15) is 25.7 Å². The Hall–Kier alpha value is -0.690. The molecule has 1 fully saturated rings. The molecule has 0 saturated heterocycles. The van der Waals surface area contributed by atoms with Crippen molar-refractivity contribution in [2.24, 2.45) is 5.73 Å². The standard InChI is InChI=1S/C12H17FN2O2S.ClH/c13-11-3-1-2-4-12(11)18(16,17)15-10-7-5-9(14)6-8-10;/h1-4,9-10,15H,5-8,14H2;1H. The lowest BCUT2D eigenvalue weighted by Gasteiger charge is -2.26. The molecule has 1 aromatic carbocycles. The van der Waals surface area contributed by atoms with Gasteiger partial charge in [0.05, 0.1) is 0 Å². The van der Waals surface area contributed by atoms with E-state index in [0.29, 0.717) is 12.8 Å². The maximum atomic E-state index is 13.5. The van der Waals surface area contributed by atoms with Crippen molar-refractivity contribution in [3.8, 4) is 0 Å². The minimum absolute atomic E-state index is 0. The molecule has 108 valence electrons. The van der Waals surface area contributed by atoms with E-state index in [1.807, 2.05) is 0 Å². The van der Waals surface area contributed by atoms with Crippen molar-refractivity contribution in [1.29, 1.82) is 0 Å². The summed E-state index contributed by atoms with van der Waals surface area (Å²) in [4.78, 5) is -0.292. The van der Waals surface area contributed by atoms with Crippen molar-refractivity contribution < 1.29 is 12.8 Å².